The van der Waals surface area contributed by atoms with Crippen molar-refractivity contribution in [3.8, 4) is 11.3 Å². The summed E-state index contributed by atoms with van der Waals surface area (Å²) < 4.78 is 5.04. The second-order valence-electron chi connectivity index (χ2n) is 3.19. The van der Waals surface area contributed by atoms with Crippen molar-refractivity contribution in [2.24, 2.45) is 0 Å². The molecule has 0 saturated heterocycles. The quantitative estimate of drug-likeness (QED) is 0.817. The van der Waals surface area contributed by atoms with E-state index in [9.17, 15) is 4.79 Å². The van der Waals surface area contributed by atoms with E-state index in [4.69, 9.17) is 14.6 Å². The topological polar surface area (TPSA) is 83.6 Å². The summed E-state index contributed by atoms with van der Waals surface area (Å²) in [6, 6.07) is 6.81. The number of nitrogens with zero attached hydrogens (tertiary/aromatic N) is 1. The van der Waals surface area contributed by atoms with Crippen molar-refractivity contribution in [2.75, 3.05) is 0 Å². The van der Waals surface area contributed by atoms with Crippen LogP contribution in [-0.2, 0) is 6.61 Å². The van der Waals surface area contributed by atoms with Gasteiger partial charge in [-0.05, 0) is 11.6 Å². The predicted molar refractivity (Wildman–Crippen MR) is 54.8 cm³/mol. The highest BCUT2D eigenvalue weighted by Crippen LogP contribution is 2.23. The minimum atomic E-state index is -1.14. The van der Waals surface area contributed by atoms with Crippen LogP contribution in [0.15, 0.2) is 35.1 Å². The molecule has 2 N–H and O–H groups in total. The molecule has 5 nitrogen and oxygen atoms in total. The predicted octanol–water partition coefficient (Wildman–Crippen LogP) is 1.53. The van der Waals surface area contributed by atoms with Crippen molar-refractivity contribution in [3.05, 3.63) is 41.9 Å². The Kier molecular flexibility index (Phi) is 2.70. The van der Waals surface area contributed by atoms with E-state index in [-0.39, 0.29) is 18.1 Å². The van der Waals surface area contributed by atoms with E-state index in [1.54, 1.807) is 24.3 Å². The van der Waals surface area contributed by atoms with Crippen molar-refractivity contribution < 1.29 is 19.4 Å². The van der Waals surface area contributed by atoms with Crippen molar-refractivity contribution in [2.45, 2.75) is 6.61 Å². The van der Waals surface area contributed by atoms with Crippen LogP contribution in [0.5, 0.6) is 0 Å². The molecule has 0 unspecified atom stereocenters. The first-order valence-corrected chi connectivity index (χ1v) is 4.59. The third-order valence-corrected chi connectivity index (χ3v) is 2.14. The zero-order valence-corrected chi connectivity index (χ0v) is 8.25. The first-order chi connectivity index (χ1) is 7.72. The lowest BCUT2D eigenvalue weighted by atomic mass is 10.1. The van der Waals surface area contributed by atoms with Crippen LogP contribution < -0.4 is 0 Å². The molecule has 1 heterocycles. The number of aliphatic hydroxyl groups is 1. The number of hydrogen-bond acceptors (Lipinski definition) is 4. The number of carboxylic acids is 1. The fraction of sp³-hybridized carbons (Fsp3) is 0.0909. The number of aliphatic hydroxyl groups excluding tert-OH is 1. The van der Waals surface area contributed by atoms with Gasteiger partial charge in [0, 0.05) is 5.56 Å². The fourth-order valence-electron chi connectivity index (χ4n) is 1.41. The Morgan fingerprint density at radius 1 is 1.44 bits per heavy atom. The van der Waals surface area contributed by atoms with Crippen LogP contribution in [0.2, 0.25) is 0 Å². The lowest BCUT2D eigenvalue weighted by Crippen LogP contribution is -1.98. The van der Waals surface area contributed by atoms with E-state index in [0.29, 0.717) is 11.1 Å². The van der Waals surface area contributed by atoms with Gasteiger partial charge in [-0.25, -0.2) is 9.78 Å². The third kappa shape index (κ3) is 1.80. The summed E-state index contributed by atoms with van der Waals surface area (Å²) in [5, 5.41) is 17.8. The van der Waals surface area contributed by atoms with Crippen LogP contribution >= 0.6 is 0 Å². The van der Waals surface area contributed by atoms with Crippen molar-refractivity contribution in [1.29, 1.82) is 0 Å². The van der Waals surface area contributed by atoms with E-state index in [0.717, 1.165) is 6.39 Å². The minimum absolute atomic E-state index is 0.107. The number of hydrogen-bond donors (Lipinski definition) is 2. The van der Waals surface area contributed by atoms with E-state index >= 15 is 0 Å². The largest absolute Gasteiger partial charge is 0.476 e. The van der Waals surface area contributed by atoms with Crippen LogP contribution in [-0.4, -0.2) is 21.2 Å². The molecule has 2 aromatic rings. The monoisotopic (exact) mass is 219 g/mol. The van der Waals surface area contributed by atoms with Gasteiger partial charge < -0.3 is 14.6 Å². The first kappa shape index (κ1) is 10.4. The molecular formula is C11H9NO4. The molecule has 0 aliphatic heterocycles. The summed E-state index contributed by atoms with van der Waals surface area (Å²) in [7, 11) is 0. The number of carboxylic acid groups (broad SMARTS) is 1. The normalized spacial score (nSPS) is 10.3. The summed E-state index contributed by atoms with van der Waals surface area (Å²) in [4.78, 5) is 14.5. The van der Waals surface area contributed by atoms with Crippen LogP contribution in [0.3, 0.4) is 0 Å². The van der Waals surface area contributed by atoms with Gasteiger partial charge >= 0.3 is 5.97 Å². The van der Waals surface area contributed by atoms with Gasteiger partial charge in [-0.1, -0.05) is 18.2 Å². The molecule has 0 fully saturated rings. The second kappa shape index (κ2) is 4.16. The Bertz CT molecular complexity index is 518. The van der Waals surface area contributed by atoms with Gasteiger partial charge in [0.25, 0.3) is 0 Å². The Labute approximate surface area is 91.0 Å². The Morgan fingerprint density at radius 2 is 2.25 bits per heavy atom. The van der Waals surface area contributed by atoms with E-state index in [1.165, 1.54) is 0 Å². The number of aromatic carboxylic acids is 1. The highest BCUT2D eigenvalue weighted by atomic mass is 16.4. The molecule has 0 aliphatic rings. The van der Waals surface area contributed by atoms with E-state index in [2.05, 4.69) is 4.98 Å². The van der Waals surface area contributed by atoms with Crippen LogP contribution in [0.4, 0.5) is 0 Å². The SMILES string of the molecule is O=C(O)c1ncoc1-c1cccc(CO)c1. The highest BCUT2D eigenvalue weighted by Gasteiger charge is 2.17. The molecule has 82 valence electrons. The molecular weight excluding hydrogens is 210 g/mol. The number of carbonyl (C=O) groups is 1. The summed E-state index contributed by atoms with van der Waals surface area (Å²) in [5.74, 6) is -0.944. The van der Waals surface area contributed by atoms with Gasteiger partial charge in [0.05, 0.1) is 6.61 Å². The van der Waals surface area contributed by atoms with Crippen LogP contribution in [0.1, 0.15) is 16.1 Å². The maximum Gasteiger partial charge on any atom is 0.358 e. The molecule has 1 aromatic carbocycles. The van der Waals surface area contributed by atoms with Crippen LogP contribution in [0.25, 0.3) is 11.3 Å². The number of benzene rings is 1. The standard InChI is InChI=1S/C11H9NO4/c13-5-7-2-1-3-8(4-7)10-9(11(14)15)12-6-16-10/h1-4,6,13H,5H2,(H,14,15). The molecule has 0 radical (unpaired) electrons. The number of aromatic nitrogens is 1. The molecule has 0 saturated carbocycles. The fourth-order valence-corrected chi connectivity index (χ4v) is 1.41. The zero-order valence-electron chi connectivity index (χ0n) is 8.25. The Morgan fingerprint density at radius 3 is 2.94 bits per heavy atom. The number of oxazole rings is 1. The Balaban J connectivity index is 2.50. The van der Waals surface area contributed by atoms with Crippen molar-refractivity contribution >= 4 is 5.97 Å². The van der Waals surface area contributed by atoms with E-state index in [1.807, 2.05) is 0 Å². The van der Waals surface area contributed by atoms with Gasteiger partial charge in [-0.2, -0.15) is 0 Å². The highest BCUT2D eigenvalue weighted by molar-refractivity contribution is 5.92. The number of rotatable bonds is 3. The lowest BCUT2D eigenvalue weighted by Gasteiger charge is -2.00. The summed E-state index contributed by atoms with van der Waals surface area (Å²) >= 11 is 0. The molecule has 1 aromatic heterocycles. The third-order valence-electron chi connectivity index (χ3n) is 2.14. The van der Waals surface area contributed by atoms with Gasteiger partial charge in [-0.3, -0.25) is 0 Å². The molecule has 16 heavy (non-hydrogen) atoms. The van der Waals surface area contributed by atoms with Crippen molar-refractivity contribution in [3.63, 3.8) is 0 Å². The molecule has 0 bridgehead atoms. The van der Waals surface area contributed by atoms with Crippen molar-refractivity contribution in [1.82, 2.24) is 4.98 Å². The van der Waals surface area contributed by atoms with E-state index < -0.39 is 5.97 Å². The molecule has 5 heteroatoms. The molecule has 0 atom stereocenters. The maximum absolute atomic E-state index is 10.8. The first-order valence-electron chi connectivity index (χ1n) is 4.59. The summed E-state index contributed by atoms with van der Waals surface area (Å²) in [5.41, 5.74) is 1.14. The molecule has 2 rings (SSSR count). The average Bonchev–Trinajstić information content (AvgIpc) is 2.78. The average molecular weight is 219 g/mol. The smallest absolute Gasteiger partial charge is 0.358 e. The summed E-state index contributed by atoms with van der Waals surface area (Å²) in [6.45, 7) is -0.107. The zero-order chi connectivity index (χ0) is 11.5. The summed E-state index contributed by atoms with van der Waals surface area (Å²) in [6.07, 6.45) is 1.09. The maximum atomic E-state index is 10.8. The molecule has 0 amide bonds. The molecule has 0 aliphatic carbocycles. The van der Waals surface area contributed by atoms with Gasteiger partial charge in [-0.15, -0.1) is 0 Å². The van der Waals surface area contributed by atoms with Gasteiger partial charge in [0.15, 0.2) is 17.8 Å². The molecule has 0 spiro atoms. The lowest BCUT2D eigenvalue weighted by molar-refractivity contribution is 0.0691. The van der Waals surface area contributed by atoms with Crippen LogP contribution in [0, 0.1) is 0 Å². The Hall–Kier alpha value is -2.14. The van der Waals surface area contributed by atoms with Gasteiger partial charge in [0.1, 0.15) is 0 Å². The minimum Gasteiger partial charge on any atom is -0.476 e. The second-order valence-corrected chi connectivity index (χ2v) is 3.19. The van der Waals surface area contributed by atoms with Gasteiger partial charge in [0.2, 0.25) is 0 Å².